The second kappa shape index (κ2) is 8.82. The molecule has 0 aliphatic carbocycles. The van der Waals surface area contributed by atoms with Crippen LogP contribution in [-0.2, 0) is 17.8 Å². The summed E-state index contributed by atoms with van der Waals surface area (Å²) in [6, 6.07) is 8.32. The fourth-order valence-electron chi connectivity index (χ4n) is 0.969. The summed E-state index contributed by atoms with van der Waals surface area (Å²) in [4.78, 5) is 0. The van der Waals surface area contributed by atoms with Crippen molar-refractivity contribution in [1.29, 1.82) is 0 Å². The normalized spacial score (nSPS) is 8.46. The van der Waals surface area contributed by atoms with E-state index in [9.17, 15) is 0 Å². The molecule has 0 saturated heterocycles. The van der Waals surface area contributed by atoms with Gasteiger partial charge in [-0.1, -0.05) is 29.8 Å². The van der Waals surface area contributed by atoms with Gasteiger partial charge >= 0.3 is 23.1 Å². The summed E-state index contributed by atoms with van der Waals surface area (Å²) < 4.78 is 4.99. The molecule has 0 bridgehead atoms. The van der Waals surface area contributed by atoms with Crippen LogP contribution in [0.4, 0.5) is 0 Å². The smallest absolute Gasteiger partial charge is 1.00 e. The van der Waals surface area contributed by atoms with E-state index < -0.39 is 0 Å². The Labute approximate surface area is 102 Å². The molecular formula is C10H13ClMgO. The molecule has 3 heteroatoms. The number of ether oxygens (including phenoxy) is 1. The topological polar surface area (TPSA) is 9.23 Å². The van der Waals surface area contributed by atoms with E-state index in [1.807, 2.05) is 0 Å². The molecule has 0 unspecified atom stereocenters. The quantitative estimate of drug-likeness (QED) is 0.450. The van der Waals surface area contributed by atoms with Crippen molar-refractivity contribution in [1.82, 2.24) is 0 Å². The molecule has 1 nitrogen and oxygen atoms in total. The van der Waals surface area contributed by atoms with Gasteiger partial charge in [-0.05, 0) is 5.56 Å². The Morgan fingerprint density at radius 1 is 1.15 bits per heavy atom. The van der Waals surface area contributed by atoms with E-state index in [0.29, 0.717) is 6.61 Å². The average molecular weight is 209 g/mol. The average Bonchev–Trinajstić information content (AvgIpc) is 2.07. The molecule has 1 rings (SSSR count). The van der Waals surface area contributed by atoms with Crippen molar-refractivity contribution in [2.75, 3.05) is 7.11 Å². The third-order valence-corrected chi connectivity index (χ3v) is 1.62. The maximum Gasteiger partial charge on any atom is 2.00 e. The molecular weight excluding hydrogens is 196 g/mol. The first kappa shape index (κ1) is 15.7. The first-order valence-electron chi connectivity index (χ1n) is 3.73. The minimum Gasteiger partial charge on any atom is -1.00 e. The number of hydrogen-bond donors (Lipinski definition) is 0. The molecule has 0 spiro atoms. The van der Waals surface area contributed by atoms with Crippen molar-refractivity contribution in [3.8, 4) is 0 Å². The van der Waals surface area contributed by atoms with Crippen LogP contribution in [0.1, 0.15) is 11.1 Å². The second-order valence-corrected chi connectivity index (χ2v) is 2.50. The predicted octanol–water partition coefficient (Wildman–Crippen LogP) is -1.17. The van der Waals surface area contributed by atoms with Crippen molar-refractivity contribution in [3.63, 3.8) is 0 Å². The van der Waals surface area contributed by atoms with Crippen LogP contribution < -0.4 is 12.4 Å². The summed E-state index contributed by atoms with van der Waals surface area (Å²) in [6.07, 6.45) is 0.854. The molecule has 0 atom stereocenters. The number of halogens is 1. The monoisotopic (exact) mass is 208 g/mol. The van der Waals surface area contributed by atoms with Crippen LogP contribution in [0.2, 0.25) is 0 Å². The fraction of sp³-hybridized carbons (Fsp3) is 0.300. The van der Waals surface area contributed by atoms with E-state index >= 15 is 0 Å². The molecule has 0 fully saturated rings. The van der Waals surface area contributed by atoms with Crippen molar-refractivity contribution in [2.24, 2.45) is 0 Å². The summed E-state index contributed by atoms with van der Waals surface area (Å²) in [5.41, 5.74) is 2.48. The Morgan fingerprint density at radius 3 is 2.00 bits per heavy atom. The Hall–Kier alpha value is 0.236. The maximum atomic E-state index is 4.99. The molecule has 0 aromatic heterocycles. The first-order valence-corrected chi connectivity index (χ1v) is 3.73. The molecule has 13 heavy (non-hydrogen) atoms. The number of methoxy groups -OCH3 is 1. The number of rotatable bonds is 3. The molecule has 68 valence electrons. The Bertz CT molecular complexity index is 211. The van der Waals surface area contributed by atoms with Gasteiger partial charge in [0.15, 0.2) is 0 Å². The Balaban J connectivity index is 0. The van der Waals surface area contributed by atoms with E-state index in [4.69, 9.17) is 4.74 Å². The van der Waals surface area contributed by atoms with Crippen LogP contribution in [0.15, 0.2) is 24.3 Å². The summed E-state index contributed by atoms with van der Waals surface area (Å²) in [5, 5.41) is 0. The van der Waals surface area contributed by atoms with Gasteiger partial charge in [0.25, 0.3) is 0 Å². The van der Waals surface area contributed by atoms with Crippen LogP contribution >= 0.6 is 0 Å². The Morgan fingerprint density at radius 2 is 1.62 bits per heavy atom. The van der Waals surface area contributed by atoms with Crippen molar-refractivity contribution < 1.29 is 17.1 Å². The largest absolute Gasteiger partial charge is 2.00 e. The molecule has 0 saturated carbocycles. The van der Waals surface area contributed by atoms with E-state index in [2.05, 4.69) is 31.2 Å². The van der Waals surface area contributed by atoms with Gasteiger partial charge in [0.2, 0.25) is 0 Å². The fourth-order valence-corrected chi connectivity index (χ4v) is 0.969. The molecule has 1 aromatic carbocycles. The van der Waals surface area contributed by atoms with Crippen LogP contribution in [-0.4, -0.2) is 30.2 Å². The van der Waals surface area contributed by atoms with E-state index in [0.717, 1.165) is 6.42 Å². The third kappa shape index (κ3) is 5.52. The van der Waals surface area contributed by atoms with Crippen molar-refractivity contribution in [2.45, 2.75) is 13.0 Å². The number of benzene rings is 1. The van der Waals surface area contributed by atoms with E-state index in [-0.39, 0.29) is 35.5 Å². The predicted molar refractivity (Wildman–Crippen MR) is 52.0 cm³/mol. The second-order valence-electron chi connectivity index (χ2n) is 2.50. The van der Waals surface area contributed by atoms with Crippen LogP contribution in [0.5, 0.6) is 0 Å². The molecule has 0 N–H and O–H groups in total. The van der Waals surface area contributed by atoms with Gasteiger partial charge in [-0.25, -0.2) is 0 Å². The summed E-state index contributed by atoms with van der Waals surface area (Å²) >= 11 is 0. The summed E-state index contributed by atoms with van der Waals surface area (Å²) in [5.74, 6) is 0. The van der Waals surface area contributed by atoms with Gasteiger partial charge in [0.05, 0.1) is 6.61 Å². The zero-order valence-corrected chi connectivity index (χ0v) is 10.1. The number of hydrogen-bond acceptors (Lipinski definition) is 1. The standard InChI is InChI=1S/C10H13O.ClH.Mg/c1-3-9-4-6-10(7-5-9)8-11-2;;/h4-7H,1,3,8H2,2H3;1H;/q-1;;+2/p-1. The summed E-state index contributed by atoms with van der Waals surface area (Å²) in [7, 11) is 1.70. The summed E-state index contributed by atoms with van der Waals surface area (Å²) in [6.45, 7) is 4.49. The van der Waals surface area contributed by atoms with Crippen LogP contribution in [0, 0.1) is 6.92 Å². The van der Waals surface area contributed by atoms with Gasteiger partial charge in [0, 0.05) is 7.11 Å². The molecule has 0 aliphatic rings. The van der Waals surface area contributed by atoms with Crippen LogP contribution in [0.3, 0.4) is 0 Å². The molecule has 0 radical (unpaired) electrons. The van der Waals surface area contributed by atoms with Gasteiger partial charge in [-0.3, -0.25) is 0 Å². The van der Waals surface area contributed by atoms with E-state index in [1.54, 1.807) is 7.11 Å². The maximum absolute atomic E-state index is 4.99. The van der Waals surface area contributed by atoms with Gasteiger partial charge in [-0.15, -0.1) is 0 Å². The third-order valence-electron chi connectivity index (χ3n) is 1.62. The van der Waals surface area contributed by atoms with Crippen molar-refractivity contribution in [3.05, 3.63) is 42.3 Å². The zero-order chi connectivity index (χ0) is 8.10. The minimum absolute atomic E-state index is 0. The van der Waals surface area contributed by atoms with E-state index in [1.165, 1.54) is 11.1 Å². The van der Waals surface area contributed by atoms with Gasteiger partial charge < -0.3 is 24.1 Å². The molecule has 0 heterocycles. The Kier molecular flexibility index (Phi) is 10.6. The SMILES string of the molecule is [CH2-]Cc1ccc(COC)cc1.[Cl-].[Mg+2]. The first-order chi connectivity index (χ1) is 5.36. The molecule has 0 aliphatic heterocycles. The zero-order valence-electron chi connectivity index (χ0n) is 7.92. The minimum atomic E-state index is 0. The van der Waals surface area contributed by atoms with Crippen LogP contribution in [0.25, 0.3) is 0 Å². The van der Waals surface area contributed by atoms with Gasteiger partial charge in [0.1, 0.15) is 0 Å². The van der Waals surface area contributed by atoms with Gasteiger partial charge in [-0.2, -0.15) is 6.42 Å². The van der Waals surface area contributed by atoms with Crippen molar-refractivity contribution >= 4 is 23.1 Å². The molecule has 0 amide bonds. The molecule has 1 aromatic rings.